The molecular formula is C26H37FN7O6P. The molecule has 15 heteroatoms. The van der Waals surface area contributed by atoms with Crippen LogP contribution in [0.2, 0.25) is 0 Å². The number of nitrogens with two attached hydrogens (primary N) is 1. The monoisotopic (exact) mass is 593 g/mol. The normalized spacial score (nSPS) is 23.0. The number of carbonyl (C=O) groups is 1. The highest BCUT2D eigenvalue weighted by molar-refractivity contribution is 7.52. The third-order valence-electron chi connectivity index (χ3n) is 6.06. The fraction of sp³-hybridized carbons (Fsp3) is 0.538. The zero-order valence-corrected chi connectivity index (χ0v) is 24.8. The highest BCUT2D eigenvalue weighted by Crippen LogP contribution is 2.49. The summed E-state index contributed by atoms with van der Waals surface area (Å²) in [5.41, 5.74) is 6.77. The number of imidazole rings is 1. The van der Waals surface area contributed by atoms with Gasteiger partial charge in [0.25, 0.3) is 0 Å². The molecule has 0 saturated carbocycles. The van der Waals surface area contributed by atoms with Crippen LogP contribution in [0.1, 0.15) is 54.2 Å². The molecule has 1 aliphatic heterocycles. The van der Waals surface area contributed by atoms with Crippen LogP contribution in [-0.4, -0.2) is 56.1 Å². The molecule has 3 aromatic rings. The van der Waals surface area contributed by atoms with Gasteiger partial charge in [-0.25, -0.2) is 13.9 Å². The van der Waals surface area contributed by atoms with E-state index in [1.165, 1.54) is 13.3 Å². The topological polar surface area (TPSA) is 165 Å². The SMILES string of the molecule is CC(C)Nc1nc(N)nc2c1ncn2[C@@H]1O[C@](F)(CO[P@@](=O)(N[C@@H](C)C(=O)OC(C)C)Oc2ccccc2)C[C@@H]1C. The number of fused-ring (bicyclic) bond motifs is 1. The molecule has 1 aromatic carbocycles. The van der Waals surface area contributed by atoms with Gasteiger partial charge in [-0.2, -0.15) is 15.1 Å². The van der Waals surface area contributed by atoms with Crippen LogP contribution in [0, 0.1) is 5.92 Å². The van der Waals surface area contributed by atoms with E-state index >= 15 is 4.39 Å². The molecule has 1 saturated heterocycles. The van der Waals surface area contributed by atoms with Crippen LogP contribution in [0.15, 0.2) is 36.7 Å². The number of hydrogen-bond donors (Lipinski definition) is 3. The molecule has 224 valence electrons. The van der Waals surface area contributed by atoms with Gasteiger partial charge in [0.15, 0.2) is 17.0 Å². The van der Waals surface area contributed by atoms with Gasteiger partial charge in [0.1, 0.15) is 24.6 Å². The Kier molecular flexibility index (Phi) is 9.17. The number of anilines is 2. The van der Waals surface area contributed by atoms with E-state index in [1.54, 1.807) is 55.7 Å². The number of carbonyl (C=O) groups excluding carboxylic acids is 1. The fourth-order valence-corrected chi connectivity index (χ4v) is 5.92. The van der Waals surface area contributed by atoms with Crippen molar-refractivity contribution in [2.75, 3.05) is 17.7 Å². The van der Waals surface area contributed by atoms with E-state index in [4.69, 9.17) is 24.3 Å². The first-order valence-corrected chi connectivity index (χ1v) is 14.9. The third kappa shape index (κ3) is 7.50. The maximum atomic E-state index is 16.1. The molecule has 0 unspecified atom stereocenters. The maximum absolute atomic E-state index is 16.1. The standard InChI is InChI=1S/C26H37FN7O6P/c1-15(2)30-21-20-22(32-25(28)31-21)34(14-29-20)23-17(5)12-26(27,39-23)13-37-41(36,40-19-10-8-7-9-11-19)33-18(6)24(35)38-16(3)4/h7-11,14-18,23H,12-13H2,1-6H3,(H,33,36)(H3,28,30,31,32)/t17-,18-,23+,26-,41-/m0/s1. The van der Waals surface area contributed by atoms with E-state index in [1.807, 2.05) is 13.8 Å². The Labute approximate surface area is 237 Å². The predicted molar refractivity (Wildman–Crippen MR) is 151 cm³/mol. The van der Waals surface area contributed by atoms with Crippen molar-refractivity contribution < 1.29 is 32.3 Å². The number of benzene rings is 1. The van der Waals surface area contributed by atoms with Crippen molar-refractivity contribution in [1.29, 1.82) is 0 Å². The van der Waals surface area contributed by atoms with Crippen molar-refractivity contribution in [2.24, 2.45) is 5.92 Å². The first-order valence-electron chi connectivity index (χ1n) is 13.4. The Morgan fingerprint density at radius 3 is 2.61 bits per heavy atom. The van der Waals surface area contributed by atoms with Crippen LogP contribution in [0.5, 0.6) is 5.75 Å². The second-order valence-electron chi connectivity index (χ2n) is 10.6. The van der Waals surface area contributed by atoms with Gasteiger partial charge in [0, 0.05) is 18.4 Å². The molecule has 1 fully saturated rings. The molecule has 4 N–H and O–H groups in total. The average molecular weight is 594 g/mol. The van der Waals surface area contributed by atoms with Gasteiger partial charge in [0.05, 0.1) is 12.4 Å². The number of nitrogens with one attached hydrogen (secondary N) is 2. The molecule has 0 radical (unpaired) electrons. The highest BCUT2D eigenvalue weighted by atomic mass is 31.2. The number of ether oxygens (including phenoxy) is 2. The Bertz CT molecular complexity index is 1410. The molecule has 4 rings (SSSR count). The summed E-state index contributed by atoms with van der Waals surface area (Å²) in [7, 11) is -4.29. The van der Waals surface area contributed by atoms with Crippen molar-refractivity contribution >= 4 is 36.6 Å². The second kappa shape index (κ2) is 12.3. The van der Waals surface area contributed by atoms with Crippen LogP contribution < -0.4 is 20.7 Å². The lowest BCUT2D eigenvalue weighted by Crippen LogP contribution is -2.37. The van der Waals surface area contributed by atoms with Crippen molar-refractivity contribution in [2.45, 2.75) is 78.2 Å². The summed E-state index contributed by atoms with van der Waals surface area (Å²) in [6.45, 7) is 9.78. The predicted octanol–water partition coefficient (Wildman–Crippen LogP) is 4.58. The molecule has 5 atom stereocenters. The number of nitrogen functional groups attached to an aromatic ring is 1. The smallest absolute Gasteiger partial charge is 0.459 e. The van der Waals surface area contributed by atoms with Gasteiger partial charge in [-0.05, 0) is 46.8 Å². The van der Waals surface area contributed by atoms with E-state index < -0.39 is 44.6 Å². The van der Waals surface area contributed by atoms with E-state index in [2.05, 4.69) is 25.4 Å². The largest absolute Gasteiger partial charge is 0.462 e. The third-order valence-corrected chi connectivity index (χ3v) is 7.68. The van der Waals surface area contributed by atoms with Crippen LogP contribution >= 0.6 is 7.75 Å². The molecule has 1 aliphatic rings. The Balaban J connectivity index is 1.54. The molecule has 3 heterocycles. The molecule has 13 nitrogen and oxygen atoms in total. The van der Waals surface area contributed by atoms with Crippen LogP contribution in [-0.2, 0) is 23.4 Å². The number of alkyl halides is 1. The number of esters is 1. The summed E-state index contributed by atoms with van der Waals surface area (Å²) in [5.74, 6) is -2.69. The summed E-state index contributed by atoms with van der Waals surface area (Å²) in [5, 5.41) is 5.74. The molecule has 2 aromatic heterocycles. The summed E-state index contributed by atoms with van der Waals surface area (Å²) < 4.78 is 53.7. The number of para-hydroxylation sites is 1. The number of aromatic nitrogens is 4. The van der Waals surface area contributed by atoms with Crippen LogP contribution in [0.4, 0.5) is 16.2 Å². The molecule has 0 spiro atoms. The number of hydrogen-bond acceptors (Lipinski definition) is 11. The highest BCUT2D eigenvalue weighted by Gasteiger charge is 2.49. The Morgan fingerprint density at radius 2 is 1.95 bits per heavy atom. The van der Waals surface area contributed by atoms with Gasteiger partial charge < -0.3 is 25.0 Å². The minimum Gasteiger partial charge on any atom is -0.462 e. The Hall–Kier alpha value is -3.32. The fourth-order valence-electron chi connectivity index (χ4n) is 4.40. The molecule has 0 bridgehead atoms. The summed E-state index contributed by atoms with van der Waals surface area (Å²) >= 11 is 0. The summed E-state index contributed by atoms with van der Waals surface area (Å²) in [6, 6.07) is 7.20. The quantitative estimate of drug-likeness (QED) is 0.198. The first kappa shape index (κ1) is 30.6. The Morgan fingerprint density at radius 1 is 1.24 bits per heavy atom. The van der Waals surface area contributed by atoms with Crippen molar-refractivity contribution in [3.8, 4) is 5.75 Å². The van der Waals surface area contributed by atoms with Crippen molar-refractivity contribution in [1.82, 2.24) is 24.6 Å². The molecule has 0 amide bonds. The number of halogens is 1. The van der Waals surface area contributed by atoms with Crippen LogP contribution in [0.3, 0.4) is 0 Å². The maximum Gasteiger partial charge on any atom is 0.459 e. The van der Waals surface area contributed by atoms with E-state index in [0.29, 0.717) is 17.0 Å². The lowest BCUT2D eigenvalue weighted by Gasteiger charge is -2.26. The number of rotatable bonds is 12. The number of nitrogens with zero attached hydrogens (tertiary/aromatic N) is 4. The van der Waals surface area contributed by atoms with Gasteiger partial charge in [-0.15, -0.1) is 0 Å². The lowest BCUT2D eigenvalue weighted by molar-refractivity contribution is -0.173. The zero-order chi connectivity index (χ0) is 29.9. The minimum absolute atomic E-state index is 0.0260. The summed E-state index contributed by atoms with van der Waals surface area (Å²) in [4.78, 5) is 25.3. The van der Waals surface area contributed by atoms with Gasteiger partial charge >= 0.3 is 13.7 Å². The lowest BCUT2D eigenvalue weighted by atomic mass is 10.1. The van der Waals surface area contributed by atoms with Crippen LogP contribution in [0.25, 0.3) is 11.2 Å². The van der Waals surface area contributed by atoms with Crippen molar-refractivity contribution in [3.05, 3.63) is 36.7 Å². The second-order valence-corrected chi connectivity index (χ2v) is 12.3. The molecule has 0 aliphatic carbocycles. The van der Waals surface area contributed by atoms with E-state index in [-0.39, 0.29) is 30.1 Å². The minimum atomic E-state index is -4.29. The van der Waals surface area contributed by atoms with Gasteiger partial charge in [-0.1, -0.05) is 25.1 Å². The average Bonchev–Trinajstić information content (AvgIpc) is 3.42. The van der Waals surface area contributed by atoms with E-state index in [0.717, 1.165) is 0 Å². The zero-order valence-electron chi connectivity index (χ0n) is 23.9. The van der Waals surface area contributed by atoms with Crippen molar-refractivity contribution in [3.63, 3.8) is 0 Å². The molecule has 41 heavy (non-hydrogen) atoms. The van der Waals surface area contributed by atoms with E-state index in [9.17, 15) is 9.36 Å². The summed E-state index contributed by atoms with van der Waals surface area (Å²) in [6.07, 6.45) is 0.187. The van der Waals surface area contributed by atoms with Gasteiger partial charge in [-0.3, -0.25) is 13.9 Å². The molecular weight excluding hydrogens is 556 g/mol. The first-order chi connectivity index (χ1) is 19.3. The van der Waals surface area contributed by atoms with Gasteiger partial charge in [0.2, 0.25) is 11.8 Å².